The monoisotopic (exact) mass is 2020 g/mol. The molecule has 42 heteroatoms. The number of hydrogen-bond acceptors (Lipinski definition) is 21. The summed E-state index contributed by atoms with van der Waals surface area (Å²) in [5.41, 5.74) is 6.78. The zero-order chi connectivity index (χ0) is 101. The molecule has 0 radical (unpaired) electrons. The van der Waals surface area contributed by atoms with Gasteiger partial charge in [-0.25, -0.2) is 64.0 Å². The van der Waals surface area contributed by atoms with E-state index in [2.05, 4.69) is 23.6 Å². The highest BCUT2D eigenvalue weighted by molar-refractivity contribution is 7.95. The summed E-state index contributed by atoms with van der Waals surface area (Å²) < 4.78 is 214. The van der Waals surface area contributed by atoms with Crippen molar-refractivity contribution in [1.82, 2.24) is 22.8 Å². The first-order valence-corrected chi connectivity index (χ1v) is 51.9. The molecule has 5 fully saturated rings. The molecule has 0 spiro atoms. The molecule has 137 heavy (non-hydrogen) atoms. The first kappa shape index (κ1) is 107. The van der Waals surface area contributed by atoms with Crippen LogP contribution in [-0.4, -0.2) is 158 Å². The highest BCUT2D eigenvalue weighted by Crippen LogP contribution is 2.51. The quantitative estimate of drug-likeness (QED) is 0.0164. The number of pyridine rings is 5. The van der Waals surface area contributed by atoms with Crippen LogP contribution >= 0.6 is 11.6 Å². The van der Waals surface area contributed by atoms with Crippen molar-refractivity contribution in [2.45, 2.75) is 193 Å². The topological polar surface area (TPSA) is 462 Å². The summed E-state index contributed by atoms with van der Waals surface area (Å²) in [7, 11) is -11.3. The zero-order valence-electron chi connectivity index (χ0n) is 77.2. The molecule has 11 N–H and O–H groups in total. The maximum absolute atomic E-state index is 14.3. The van der Waals surface area contributed by atoms with Gasteiger partial charge in [-0.2, -0.15) is 0 Å². The highest BCUT2D eigenvalue weighted by Gasteiger charge is 2.58. The van der Waals surface area contributed by atoms with Gasteiger partial charge in [0.1, 0.15) is 34.1 Å². The largest absolute Gasteiger partial charge is 0.396 e. The Hall–Kier alpha value is -10.7. The Morgan fingerprint density at radius 2 is 0.577 bits per heavy atom. The molecule has 15 rings (SSSR count). The maximum atomic E-state index is 14.3. The Bertz CT molecular complexity index is 6990. The van der Waals surface area contributed by atoms with E-state index in [1.165, 1.54) is 136 Å². The Balaban J connectivity index is 0.000000165. The maximum Gasteiger partial charge on any atom is 0.269 e. The molecule has 5 heterocycles. The first-order valence-electron chi connectivity index (χ1n) is 44.0. The molecule has 0 bridgehead atoms. The van der Waals surface area contributed by atoms with Gasteiger partial charge < -0.3 is 53.5 Å². The van der Waals surface area contributed by atoms with E-state index in [0.717, 1.165) is 27.8 Å². The van der Waals surface area contributed by atoms with Crippen LogP contribution in [0.25, 0.3) is 0 Å². The fourth-order valence-electron chi connectivity index (χ4n) is 15.9. The molecule has 0 amide bonds. The lowest BCUT2D eigenvalue weighted by Crippen LogP contribution is -2.35. The van der Waals surface area contributed by atoms with Gasteiger partial charge in [-0.15, -0.1) is 0 Å². The van der Waals surface area contributed by atoms with Crippen LogP contribution in [0.15, 0.2) is 170 Å². The molecule has 5 aromatic carbocycles. The van der Waals surface area contributed by atoms with Crippen LogP contribution < -0.4 is 51.4 Å². The van der Waals surface area contributed by atoms with Crippen LogP contribution in [0.5, 0.6) is 0 Å². The number of benzene rings is 5. The van der Waals surface area contributed by atoms with E-state index in [-0.39, 0.29) is 132 Å². The van der Waals surface area contributed by atoms with E-state index in [0.29, 0.717) is 126 Å². The fraction of sp³-hybridized carbons (Fsp3) is 0.421. The summed E-state index contributed by atoms with van der Waals surface area (Å²) in [5, 5.41) is 55.4. The van der Waals surface area contributed by atoms with Crippen LogP contribution in [0.1, 0.15) is 174 Å². The van der Waals surface area contributed by atoms with Gasteiger partial charge >= 0.3 is 0 Å². The van der Waals surface area contributed by atoms with Crippen molar-refractivity contribution >= 4 is 90.2 Å². The number of aryl methyl sites for hydroxylation is 5. The minimum absolute atomic E-state index is 0.0138. The van der Waals surface area contributed by atoms with Crippen molar-refractivity contribution in [3.8, 4) is 0 Å². The van der Waals surface area contributed by atoms with Crippen molar-refractivity contribution in [3.63, 3.8) is 0 Å². The molecule has 0 saturated heterocycles. The summed E-state index contributed by atoms with van der Waals surface area (Å²) in [6.45, 7) is 7.37. The highest BCUT2D eigenvalue weighted by atomic mass is 35.5. The summed E-state index contributed by atoms with van der Waals surface area (Å²) >= 11 is 5.98. The average Bonchev–Trinajstić information content (AvgIpc) is 1.58. The molecule has 5 aromatic heterocycles. The Morgan fingerprint density at radius 1 is 0.343 bits per heavy atom. The smallest absolute Gasteiger partial charge is 0.269 e. The minimum Gasteiger partial charge on any atom is -0.396 e. The molecule has 0 aliphatic heterocycles. The van der Waals surface area contributed by atoms with Gasteiger partial charge in [0.15, 0.2) is 0 Å². The molecular weight excluding hydrogens is 1910 g/mol. The number of aliphatic hydroxyl groups excluding tert-OH is 6. The molecule has 5 aliphatic carbocycles. The number of anilines is 5. The van der Waals surface area contributed by atoms with Crippen molar-refractivity contribution in [1.29, 1.82) is 0 Å². The van der Waals surface area contributed by atoms with E-state index >= 15 is 0 Å². The lowest BCUT2D eigenvalue weighted by atomic mass is 10.1. The average molecular weight is 2020 g/mol. The van der Waals surface area contributed by atoms with E-state index in [4.69, 9.17) is 21.8 Å². The fourth-order valence-corrected chi connectivity index (χ4v) is 24.4. The molecule has 2 atom stereocenters. The Kier molecular flexibility index (Phi) is 33.5. The lowest BCUT2D eigenvalue weighted by molar-refractivity contribution is 0.0858. The molecule has 5 saturated carbocycles. The van der Waals surface area contributed by atoms with Crippen molar-refractivity contribution in [2.75, 3.05) is 50.0 Å². The van der Waals surface area contributed by atoms with Crippen LogP contribution in [0.4, 0.5) is 50.4 Å². The minimum atomic E-state index is -3.90. The number of rotatable bonds is 35. The summed E-state index contributed by atoms with van der Waals surface area (Å²) in [6.07, 6.45) is 2.77. The first-order chi connectivity index (χ1) is 64.2. The van der Waals surface area contributed by atoms with Crippen molar-refractivity contribution in [2.24, 2.45) is 35.2 Å². The Labute approximate surface area is 796 Å². The van der Waals surface area contributed by atoms with Gasteiger partial charge in [-0.05, 0) is 241 Å². The predicted octanol–water partition coefficient (Wildman–Crippen LogP) is 10.0. The number of halogens is 6. The second-order valence-electron chi connectivity index (χ2n) is 36.0. The van der Waals surface area contributed by atoms with Gasteiger partial charge in [0.2, 0.25) is 50.1 Å². The summed E-state index contributed by atoms with van der Waals surface area (Å²) in [4.78, 5) is 60.5. The molecule has 5 aliphatic rings. The van der Waals surface area contributed by atoms with Crippen LogP contribution in [0, 0.1) is 63.7 Å². The van der Waals surface area contributed by atoms with Gasteiger partial charge in [0.05, 0.1) is 78.1 Å². The second kappa shape index (κ2) is 43.0. The van der Waals surface area contributed by atoms with Crippen molar-refractivity contribution < 1.29 is 94.7 Å². The van der Waals surface area contributed by atoms with E-state index in [1.807, 2.05) is 0 Å². The van der Waals surface area contributed by atoms with Crippen LogP contribution in [0.2, 0.25) is 5.02 Å². The van der Waals surface area contributed by atoms with Crippen LogP contribution in [0.3, 0.4) is 0 Å². The molecule has 10 aromatic rings. The third-order valence-corrected chi connectivity index (χ3v) is 36.6. The van der Waals surface area contributed by atoms with E-state index in [1.54, 1.807) is 102 Å². The number of hydrogen-bond donors (Lipinski definition) is 11. The number of aromatic nitrogens is 5. The summed E-state index contributed by atoms with van der Waals surface area (Å²) in [5.74, 6) is -2.07. The number of sulfonamides is 5. The van der Waals surface area contributed by atoms with Gasteiger partial charge in [0.25, 0.3) is 27.8 Å². The predicted molar refractivity (Wildman–Crippen MR) is 516 cm³/mol. The van der Waals surface area contributed by atoms with Gasteiger partial charge in [0, 0.05) is 133 Å². The van der Waals surface area contributed by atoms with E-state index < -0.39 is 123 Å². The SMILES string of the molecule is Cc1ccc(Cc2c(NS(=O)(=O)C3(CCO)CC3)cc(Cl)c(=O)n2C)c(F)c1.Cc1ccc(Cc2c(NS(=O)(=O)C3(CCO)CC3)ccc(=O)n2C)c(F)c1.Cc1ccc(Cc2c(NS(=O)(=O)C3(C[C@@H](O)CO)CC3)ccc(=O)n2C)c(F)c1.Cc1ccc(Cc2c(NS(=O)(=O)C3(C[C@H](O)CO)CC3)ccc(=O)n2C)c(F)c1.Cc1ccc(Cc2c(NS(=O)(=O)C3CC3)ccc(=O)n2C)c(F)c1. The van der Waals surface area contributed by atoms with E-state index in [9.17, 15) is 108 Å². The lowest BCUT2D eigenvalue weighted by Gasteiger charge is -2.22. The normalized spacial score (nSPS) is 15.8. The van der Waals surface area contributed by atoms with Gasteiger partial charge in [-0.3, -0.25) is 47.6 Å². The third-order valence-electron chi connectivity index (χ3n) is 25.6. The molecule has 31 nitrogen and oxygen atoms in total. The second-order valence-corrected chi connectivity index (χ2v) is 46.6. The number of nitrogens with zero attached hydrogens (tertiary/aromatic N) is 5. The number of nitrogens with one attached hydrogen (secondary N) is 5. The molecule has 742 valence electrons. The van der Waals surface area contributed by atoms with Crippen molar-refractivity contribution in [3.05, 3.63) is 316 Å². The molecular formula is C95H114ClF5N10O21S5. The third kappa shape index (κ3) is 25.3. The summed E-state index contributed by atoms with van der Waals surface area (Å²) in [6, 6.07) is 35.8. The van der Waals surface area contributed by atoms with Gasteiger partial charge in [-0.1, -0.05) is 72.3 Å². The Morgan fingerprint density at radius 3 is 0.803 bits per heavy atom. The molecule has 0 unspecified atom stereocenters. The zero-order valence-corrected chi connectivity index (χ0v) is 82.0. The van der Waals surface area contributed by atoms with Crippen LogP contribution in [-0.2, 0) is 117 Å². The standard InChI is InChI=1S/2C20H25FN2O5S.C19H22ClFN2O4S.C19H23FN2O4S.C17H19FN2O3S/c2*1-13-3-4-14(16(21)9-13)10-18-17(5-6-19(26)23(18)2)22-29(27,28)20(7-8-20)11-15(25)12-24;1-12-3-4-13(15(21)9-12)10-17-16(11-14(20)18(25)23(17)2)22-28(26,27)19(5-6-19)7-8-24;1-13-3-4-14(15(20)11-13)12-17-16(5-6-18(24)22(17)2)21-27(25,26)19(7-8-19)9-10-23;1-11-3-4-12(14(18)9-11)10-16-15(7-8-17(21)20(16)2)19-24(22,23)13-5-6-13/h2*3-6,9,15,22,24-25H,7-8,10-12H2,1-2H3;3-4,9,11,22,24H,5-8,10H2,1-2H3;3-6,11,21,23H,7-10,12H2,1-2H3;3-4,7-9,13,19H,5-6,10H2,1-2H3/t2*15-;;;/m10.../s1. The number of aliphatic hydroxyl groups is 6.